The molecule has 0 aliphatic heterocycles. The Morgan fingerprint density at radius 3 is 1.38 bits per heavy atom. The first-order valence-electron chi connectivity index (χ1n) is 7.73. The SMILES string of the molecule is CCC(CC)C(=O)C(OC(C)C)(OC(C)C)C(=O)O.[OH][Ti]([OH])([OH])[OH]. The van der Waals surface area contributed by atoms with Gasteiger partial charge in [0.1, 0.15) is 0 Å². The molecule has 10 heteroatoms. The number of ketones is 1. The van der Waals surface area contributed by atoms with Crippen molar-refractivity contribution in [2.75, 3.05) is 0 Å². The van der Waals surface area contributed by atoms with Gasteiger partial charge in [-0.25, -0.2) is 4.79 Å². The zero-order valence-corrected chi connectivity index (χ0v) is 16.6. The van der Waals surface area contributed by atoms with E-state index in [2.05, 4.69) is 0 Å². The van der Waals surface area contributed by atoms with Gasteiger partial charge in [0.15, 0.2) is 0 Å². The maximum atomic E-state index is 12.5. The summed E-state index contributed by atoms with van der Waals surface area (Å²) in [7, 11) is 0. The van der Waals surface area contributed by atoms with Crippen molar-refractivity contribution < 1.29 is 57.1 Å². The van der Waals surface area contributed by atoms with Crippen LogP contribution in [-0.2, 0) is 37.2 Å². The van der Waals surface area contributed by atoms with Crippen molar-refractivity contribution in [2.45, 2.75) is 72.4 Å². The van der Waals surface area contributed by atoms with Crippen LogP contribution in [0.2, 0.25) is 0 Å². The van der Waals surface area contributed by atoms with Crippen LogP contribution in [0.4, 0.5) is 0 Å². The molecule has 0 atom stereocenters. The summed E-state index contributed by atoms with van der Waals surface area (Å²) < 4.78 is 40.3. The minimum absolute atomic E-state index is 0.381. The van der Waals surface area contributed by atoms with Gasteiger partial charge < -0.3 is 14.6 Å². The predicted octanol–water partition coefficient (Wildman–Crippen LogP) is 0.392. The molecule has 0 aromatic heterocycles. The van der Waals surface area contributed by atoms with Gasteiger partial charge in [-0.3, -0.25) is 4.79 Å². The molecule has 0 aromatic carbocycles. The normalized spacial score (nSPS) is 12.4. The Kier molecular flexibility index (Phi) is 12.1. The van der Waals surface area contributed by atoms with Gasteiger partial charge in [0.05, 0.1) is 12.2 Å². The van der Waals surface area contributed by atoms with Crippen molar-refractivity contribution in [1.82, 2.24) is 0 Å². The Bertz CT molecular complexity index is 370. The van der Waals surface area contributed by atoms with Gasteiger partial charge in [-0.1, -0.05) is 13.8 Å². The van der Waals surface area contributed by atoms with Crippen molar-refractivity contribution >= 4 is 11.8 Å². The molecule has 0 unspecified atom stereocenters. The molecule has 0 fully saturated rings. The molecule has 0 aliphatic rings. The summed E-state index contributed by atoms with van der Waals surface area (Å²) >= 11 is -5.00. The average molecular weight is 390 g/mol. The molecule has 0 amide bonds. The number of carbonyl (C=O) groups excluding carboxylic acids is 1. The van der Waals surface area contributed by atoms with Crippen LogP contribution < -0.4 is 0 Å². The van der Waals surface area contributed by atoms with Gasteiger partial charge in [-0.2, -0.15) is 0 Å². The summed E-state index contributed by atoms with van der Waals surface area (Å²) in [6, 6.07) is 0. The van der Waals surface area contributed by atoms with Gasteiger partial charge >= 0.3 is 44.7 Å². The topological polar surface area (TPSA) is 154 Å². The molecule has 0 saturated carbocycles. The molecule has 0 saturated heterocycles. The zero-order chi connectivity index (χ0) is 19.7. The third-order valence-corrected chi connectivity index (χ3v) is 2.77. The first-order valence-corrected chi connectivity index (χ1v) is 10.5. The van der Waals surface area contributed by atoms with E-state index in [1.165, 1.54) is 0 Å². The molecular weight excluding hydrogens is 360 g/mol. The standard InChI is InChI=1S/C14H26O5.4H2O.Ti/c1-7-11(8-2)12(15)14(13(16)17,18-9(3)4)19-10(5)6;;;;;/h9-11H,7-8H2,1-6H3,(H,16,17);4*1H2;/q;;;;;+4/p-4. The predicted molar refractivity (Wildman–Crippen MR) is 80.8 cm³/mol. The molecule has 0 aliphatic carbocycles. The Labute approximate surface area is 147 Å². The van der Waals surface area contributed by atoms with Gasteiger partial charge in [0, 0.05) is 5.92 Å². The van der Waals surface area contributed by atoms with E-state index >= 15 is 0 Å². The number of carbonyl (C=O) groups is 2. The van der Waals surface area contributed by atoms with Crippen molar-refractivity contribution in [1.29, 1.82) is 0 Å². The number of hydrogen-bond acceptors (Lipinski definition) is 8. The van der Waals surface area contributed by atoms with Crippen LogP contribution in [0.1, 0.15) is 54.4 Å². The van der Waals surface area contributed by atoms with Crippen molar-refractivity contribution in [3.8, 4) is 0 Å². The average Bonchev–Trinajstić information content (AvgIpc) is 2.35. The van der Waals surface area contributed by atoms with E-state index in [1.807, 2.05) is 13.8 Å². The molecule has 0 aromatic rings. The fourth-order valence-corrected chi connectivity index (χ4v) is 1.94. The molecule has 5 N–H and O–H groups in total. The van der Waals surface area contributed by atoms with Gasteiger partial charge in [0.2, 0.25) is 5.78 Å². The number of ether oxygens (including phenoxy) is 2. The summed E-state index contributed by atoms with van der Waals surface area (Å²) in [4.78, 5) is 24.1. The summed E-state index contributed by atoms with van der Waals surface area (Å²) in [6.45, 7) is 10.4. The number of carboxylic acid groups (broad SMARTS) is 1. The summed E-state index contributed by atoms with van der Waals surface area (Å²) in [5, 5.41) is 9.46. The molecular formula is C14H30O9Ti. The Balaban J connectivity index is 0. The number of carboxylic acids is 1. The van der Waals surface area contributed by atoms with Gasteiger partial charge in [-0.05, 0) is 40.5 Å². The fraction of sp³-hybridized carbons (Fsp3) is 0.857. The van der Waals surface area contributed by atoms with Crippen LogP contribution in [0.3, 0.4) is 0 Å². The third-order valence-electron chi connectivity index (χ3n) is 2.77. The van der Waals surface area contributed by atoms with E-state index in [1.54, 1.807) is 27.7 Å². The first-order chi connectivity index (χ1) is 10.7. The van der Waals surface area contributed by atoms with Crippen LogP contribution in [-0.4, -0.2) is 49.6 Å². The second-order valence-electron chi connectivity index (χ2n) is 5.73. The van der Waals surface area contributed by atoms with Gasteiger partial charge in [0.25, 0.3) is 0 Å². The maximum absolute atomic E-state index is 12.5. The number of rotatable bonds is 9. The molecule has 0 bridgehead atoms. The van der Waals surface area contributed by atoms with E-state index in [0.717, 1.165) is 0 Å². The molecule has 0 rings (SSSR count). The number of Topliss-reactive ketones (excluding diaryl/α,β-unsaturated/α-hetero) is 1. The Morgan fingerprint density at radius 2 is 1.21 bits per heavy atom. The van der Waals surface area contributed by atoms with Crippen LogP contribution in [0.15, 0.2) is 0 Å². The van der Waals surface area contributed by atoms with Crippen molar-refractivity contribution in [3.63, 3.8) is 0 Å². The quantitative estimate of drug-likeness (QED) is 0.214. The molecule has 9 nitrogen and oxygen atoms in total. The van der Waals surface area contributed by atoms with E-state index < -0.39 is 47.9 Å². The van der Waals surface area contributed by atoms with Gasteiger partial charge in [-0.15, -0.1) is 0 Å². The van der Waals surface area contributed by atoms with Crippen LogP contribution in [0, 0.1) is 5.92 Å². The van der Waals surface area contributed by atoms with Crippen molar-refractivity contribution in [3.05, 3.63) is 0 Å². The van der Waals surface area contributed by atoms with E-state index in [9.17, 15) is 14.7 Å². The van der Waals surface area contributed by atoms with E-state index in [-0.39, 0.29) is 5.92 Å². The molecule has 24 heavy (non-hydrogen) atoms. The van der Waals surface area contributed by atoms with Crippen molar-refractivity contribution in [2.24, 2.45) is 5.92 Å². The number of hydrogen-bond donors (Lipinski definition) is 5. The van der Waals surface area contributed by atoms with Crippen LogP contribution in [0.5, 0.6) is 0 Å². The van der Waals surface area contributed by atoms with Crippen LogP contribution in [0.25, 0.3) is 0 Å². The molecule has 0 radical (unpaired) electrons. The molecule has 0 spiro atoms. The second-order valence-corrected chi connectivity index (χ2v) is 7.61. The van der Waals surface area contributed by atoms with E-state index in [4.69, 9.17) is 24.2 Å². The molecule has 144 valence electrons. The fourth-order valence-electron chi connectivity index (χ4n) is 1.94. The minimum atomic E-state index is -5.00. The Morgan fingerprint density at radius 1 is 0.917 bits per heavy atom. The summed E-state index contributed by atoms with van der Waals surface area (Å²) in [5.74, 6) is -4.47. The Hall–Kier alpha value is -0.386. The second kappa shape index (κ2) is 11.3. The monoisotopic (exact) mass is 390 g/mol. The van der Waals surface area contributed by atoms with Crippen LogP contribution >= 0.6 is 0 Å². The van der Waals surface area contributed by atoms with E-state index in [0.29, 0.717) is 12.8 Å². The summed E-state index contributed by atoms with van der Waals surface area (Å²) in [5.41, 5.74) is 0. The zero-order valence-electron chi connectivity index (χ0n) is 15.0. The third kappa shape index (κ3) is 10.5. The number of aliphatic carboxylic acids is 1. The molecule has 0 heterocycles. The first kappa shape index (κ1) is 25.8. The summed E-state index contributed by atoms with van der Waals surface area (Å²) in [6.07, 6.45) is 0.280.